The van der Waals surface area contributed by atoms with Crippen molar-refractivity contribution in [3.05, 3.63) is 29.8 Å². The molecule has 0 radical (unpaired) electrons. The van der Waals surface area contributed by atoms with Crippen molar-refractivity contribution < 1.29 is 23.9 Å². The van der Waals surface area contributed by atoms with Gasteiger partial charge in [0, 0.05) is 13.1 Å². The second kappa shape index (κ2) is 10.6. The molecule has 1 fully saturated rings. The summed E-state index contributed by atoms with van der Waals surface area (Å²) in [6.07, 6.45) is 0.708. The Morgan fingerprint density at radius 1 is 1.32 bits per heavy atom. The number of esters is 1. The number of carbonyl (C=O) groups is 3. The SMILES string of the molecule is CCCOC(=O)CC1C(=O)NCCN1C(=S)NC(=O)Cc1ccc(OC)cc1. The van der Waals surface area contributed by atoms with Gasteiger partial charge in [-0.2, -0.15) is 0 Å². The molecule has 0 bridgehead atoms. The highest BCUT2D eigenvalue weighted by atomic mass is 32.1. The zero-order chi connectivity index (χ0) is 20.5. The van der Waals surface area contributed by atoms with Gasteiger partial charge in [-0.05, 0) is 36.3 Å². The molecule has 1 atom stereocenters. The Bertz CT molecular complexity index is 723. The highest BCUT2D eigenvalue weighted by Crippen LogP contribution is 2.13. The summed E-state index contributed by atoms with van der Waals surface area (Å²) in [6.45, 7) is 2.98. The first-order valence-electron chi connectivity index (χ1n) is 9.11. The minimum absolute atomic E-state index is 0.125. The summed E-state index contributed by atoms with van der Waals surface area (Å²) in [4.78, 5) is 38.0. The van der Waals surface area contributed by atoms with Gasteiger partial charge < -0.3 is 25.0 Å². The summed E-state index contributed by atoms with van der Waals surface area (Å²) in [5.74, 6) is -0.377. The lowest BCUT2D eigenvalue weighted by Gasteiger charge is -2.36. The molecule has 0 aliphatic carbocycles. The minimum atomic E-state index is -0.799. The van der Waals surface area contributed by atoms with Crippen LogP contribution in [-0.2, 0) is 25.5 Å². The average Bonchev–Trinajstić information content (AvgIpc) is 2.68. The summed E-state index contributed by atoms with van der Waals surface area (Å²) in [6, 6.07) is 6.33. The maximum atomic E-state index is 12.3. The molecule has 1 heterocycles. The number of benzene rings is 1. The van der Waals surface area contributed by atoms with Crippen LogP contribution in [0.5, 0.6) is 5.75 Å². The summed E-state index contributed by atoms with van der Waals surface area (Å²) in [5, 5.41) is 5.49. The van der Waals surface area contributed by atoms with Gasteiger partial charge in [-0.3, -0.25) is 14.4 Å². The summed E-state index contributed by atoms with van der Waals surface area (Å²) in [7, 11) is 1.57. The molecule has 1 aromatic carbocycles. The van der Waals surface area contributed by atoms with E-state index in [9.17, 15) is 14.4 Å². The quantitative estimate of drug-likeness (QED) is 0.509. The lowest BCUT2D eigenvalue weighted by atomic mass is 10.1. The van der Waals surface area contributed by atoms with Crippen molar-refractivity contribution in [2.45, 2.75) is 32.2 Å². The van der Waals surface area contributed by atoms with Crippen LogP contribution in [0, 0.1) is 0 Å². The molecule has 0 spiro atoms. The third-order valence-corrected chi connectivity index (χ3v) is 4.53. The molecule has 8 nitrogen and oxygen atoms in total. The third-order valence-electron chi connectivity index (χ3n) is 4.19. The highest BCUT2D eigenvalue weighted by Gasteiger charge is 2.34. The molecule has 1 saturated heterocycles. The number of nitrogens with zero attached hydrogens (tertiary/aromatic N) is 1. The fourth-order valence-electron chi connectivity index (χ4n) is 2.76. The number of carbonyl (C=O) groups excluding carboxylic acids is 3. The predicted molar refractivity (Wildman–Crippen MR) is 107 cm³/mol. The maximum absolute atomic E-state index is 12.3. The largest absolute Gasteiger partial charge is 0.497 e. The van der Waals surface area contributed by atoms with Crippen molar-refractivity contribution in [2.24, 2.45) is 0 Å². The van der Waals surface area contributed by atoms with Gasteiger partial charge in [0.2, 0.25) is 11.8 Å². The van der Waals surface area contributed by atoms with Crippen LogP contribution >= 0.6 is 12.2 Å². The first-order valence-corrected chi connectivity index (χ1v) is 9.52. The number of hydrogen-bond acceptors (Lipinski definition) is 6. The molecule has 0 saturated carbocycles. The van der Waals surface area contributed by atoms with E-state index in [0.717, 1.165) is 5.56 Å². The molecule has 28 heavy (non-hydrogen) atoms. The normalized spacial score (nSPS) is 16.1. The maximum Gasteiger partial charge on any atom is 0.308 e. The molecule has 1 aliphatic rings. The molecule has 9 heteroatoms. The smallest absolute Gasteiger partial charge is 0.308 e. The Balaban J connectivity index is 1.95. The number of rotatable bonds is 7. The first-order chi connectivity index (χ1) is 13.4. The Kier molecular flexibility index (Phi) is 8.19. The van der Waals surface area contributed by atoms with Gasteiger partial charge in [-0.1, -0.05) is 19.1 Å². The summed E-state index contributed by atoms with van der Waals surface area (Å²) in [5.41, 5.74) is 0.803. The second-order valence-corrected chi connectivity index (χ2v) is 6.69. The minimum Gasteiger partial charge on any atom is -0.497 e. The van der Waals surface area contributed by atoms with E-state index in [0.29, 0.717) is 31.9 Å². The van der Waals surface area contributed by atoms with E-state index < -0.39 is 12.0 Å². The fraction of sp³-hybridized carbons (Fsp3) is 0.474. The van der Waals surface area contributed by atoms with Crippen molar-refractivity contribution >= 4 is 35.1 Å². The van der Waals surface area contributed by atoms with E-state index in [1.165, 1.54) is 0 Å². The number of hydrogen-bond donors (Lipinski definition) is 2. The number of nitrogens with one attached hydrogen (secondary N) is 2. The lowest BCUT2D eigenvalue weighted by molar-refractivity contribution is -0.147. The molecule has 1 aliphatic heterocycles. The van der Waals surface area contributed by atoms with Crippen LogP contribution in [0.1, 0.15) is 25.3 Å². The van der Waals surface area contributed by atoms with Crippen LogP contribution in [0.15, 0.2) is 24.3 Å². The van der Waals surface area contributed by atoms with E-state index in [1.807, 2.05) is 6.92 Å². The van der Waals surface area contributed by atoms with E-state index in [2.05, 4.69) is 10.6 Å². The van der Waals surface area contributed by atoms with Crippen molar-refractivity contribution in [3.8, 4) is 5.75 Å². The average molecular weight is 407 g/mol. The number of thiocarbonyl (C=S) groups is 1. The number of piperazine rings is 1. The van der Waals surface area contributed by atoms with Crippen LogP contribution < -0.4 is 15.4 Å². The number of amides is 2. The van der Waals surface area contributed by atoms with Crippen LogP contribution in [0.3, 0.4) is 0 Å². The van der Waals surface area contributed by atoms with Crippen molar-refractivity contribution in [1.29, 1.82) is 0 Å². The fourth-order valence-corrected chi connectivity index (χ4v) is 3.09. The van der Waals surface area contributed by atoms with Gasteiger partial charge in [0.25, 0.3) is 0 Å². The van der Waals surface area contributed by atoms with Crippen LogP contribution in [-0.4, -0.2) is 60.6 Å². The van der Waals surface area contributed by atoms with E-state index in [1.54, 1.807) is 36.3 Å². The molecule has 152 valence electrons. The molecule has 1 aromatic rings. The van der Waals surface area contributed by atoms with Gasteiger partial charge in [-0.15, -0.1) is 0 Å². The number of ether oxygens (including phenoxy) is 2. The summed E-state index contributed by atoms with van der Waals surface area (Å²) >= 11 is 5.32. The molecule has 2 rings (SSSR count). The van der Waals surface area contributed by atoms with Crippen LogP contribution in [0.4, 0.5) is 0 Å². The van der Waals surface area contributed by atoms with Gasteiger partial charge in [0.15, 0.2) is 5.11 Å². The molecule has 0 aromatic heterocycles. The van der Waals surface area contributed by atoms with Gasteiger partial charge in [0.05, 0.1) is 26.6 Å². The van der Waals surface area contributed by atoms with Gasteiger partial charge in [0.1, 0.15) is 11.8 Å². The second-order valence-electron chi connectivity index (χ2n) is 6.30. The summed E-state index contributed by atoms with van der Waals surface area (Å²) < 4.78 is 10.2. The Morgan fingerprint density at radius 2 is 2.04 bits per heavy atom. The lowest BCUT2D eigenvalue weighted by Crippen LogP contribution is -2.60. The van der Waals surface area contributed by atoms with E-state index >= 15 is 0 Å². The molecular formula is C19H25N3O5S. The monoisotopic (exact) mass is 407 g/mol. The van der Waals surface area contributed by atoms with Gasteiger partial charge >= 0.3 is 5.97 Å². The van der Waals surface area contributed by atoms with Crippen molar-refractivity contribution in [2.75, 3.05) is 26.8 Å². The third kappa shape index (κ3) is 6.19. The number of methoxy groups -OCH3 is 1. The zero-order valence-electron chi connectivity index (χ0n) is 16.0. The molecular weight excluding hydrogens is 382 g/mol. The van der Waals surface area contributed by atoms with Crippen molar-refractivity contribution in [3.63, 3.8) is 0 Å². The van der Waals surface area contributed by atoms with E-state index in [4.69, 9.17) is 21.7 Å². The Hall–Kier alpha value is -2.68. The van der Waals surface area contributed by atoms with Crippen LogP contribution in [0.2, 0.25) is 0 Å². The predicted octanol–water partition coefficient (Wildman–Crippen LogP) is 0.783. The Labute approximate surface area is 169 Å². The van der Waals surface area contributed by atoms with Crippen molar-refractivity contribution in [1.82, 2.24) is 15.5 Å². The van der Waals surface area contributed by atoms with E-state index in [-0.39, 0.29) is 29.8 Å². The topological polar surface area (TPSA) is 97.0 Å². The Morgan fingerprint density at radius 3 is 2.68 bits per heavy atom. The van der Waals surface area contributed by atoms with Gasteiger partial charge in [-0.25, -0.2) is 0 Å². The molecule has 2 N–H and O–H groups in total. The molecule has 1 unspecified atom stereocenters. The highest BCUT2D eigenvalue weighted by molar-refractivity contribution is 7.80. The van der Waals surface area contributed by atoms with Crippen LogP contribution in [0.25, 0.3) is 0 Å². The molecule has 2 amide bonds. The zero-order valence-corrected chi connectivity index (χ0v) is 16.8. The first kappa shape index (κ1) is 21.6. The standard InChI is InChI=1S/C19H25N3O5S/c1-3-10-27-17(24)12-15-18(25)20-8-9-22(15)19(28)21-16(23)11-13-4-6-14(26-2)7-5-13/h4-7,15H,3,8-12H2,1-2H3,(H,20,25)(H,21,23,28).